The summed E-state index contributed by atoms with van der Waals surface area (Å²) in [6, 6.07) is 9.23. The largest absolute Gasteiger partial charge is 0.389 e. The van der Waals surface area contributed by atoms with Gasteiger partial charge in [0.1, 0.15) is 10.8 Å². The Bertz CT molecular complexity index is 646. The third-order valence-corrected chi connectivity index (χ3v) is 4.09. The highest BCUT2D eigenvalue weighted by Gasteiger charge is 2.07. The molecule has 0 amide bonds. The Morgan fingerprint density at radius 1 is 1.42 bits per heavy atom. The van der Waals surface area contributed by atoms with Crippen LogP contribution in [0.4, 0.5) is 11.5 Å². The standard InChI is InChI=1S/C13H11BrClN3S/c1-7-5-8(13(16)19)6-11(17-7)18-10-4-2-3-9(15)12(10)14/h2-6H,1H3,(H2,16,19)(H,17,18). The fourth-order valence-electron chi connectivity index (χ4n) is 1.61. The van der Waals surface area contributed by atoms with Crippen LogP contribution in [0.15, 0.2) is 34.8 Å². The van der Waals surface area contributed by atoms with Gasteiger partial charge in [0.2, 0.25) is 0 Å². The summed E-state index contributed by atoms with van der Waals surface area (Å²) >= 11 is 14.5. The van der Waals surface area contributed by atoms with E-state index in [-0.39, 0.29) is 0 Å². The third kappa shape index (κ3) is 3.43. The molecule has 0 fully saturated rings. The van der Waals surface area contributed by atoms with E-state index in [9.17, 15) is 0 Å². The monoisotopic (exact) mass is 355 g/mol. The molecule has 2 rings (SSSR count). The molecule has 0 saturated carbocycles. The van der Waals surface area contributed by atoms with Gasteiger partial charge in [-0.25, -0.2) is 4.98 Å². The van der Waals surface area contributed by atoms with Crippen LogP contribution in [0.3, 0.4) is 0 Å². The summed E-state index contributed by atoms with van der Waals surface area (Å²) < 4.78 is 0.789. The summed E-state index contributed by atoms with van der Waals surface area (Å²) in [6.45, 7) is 1.89. The van der Waals surface area contributed by atoms with Crippen LogP contribution in [0.5, 0.6) is 0 Å². The lowest BCUT2D eigenvalue weighted by Crippen LogP contribution is -2.10. The Morgan fingerprint density at radius 2 is 2.16 bits per heavy atom. The number of nitrogens with one attached hydrogen (secondary N) is 1. The summed E-state index contributed by atoms with van der Waals surface area (Å²) in [5, 5.41) is 3.82. The van der Waals surface area contributed by atoms with E-state index in [1.54, 1.807) is 6.07 Å². The lowest BCUT2D eigenvalue weighted by atomic mass is 10.2. The van der Waals surface area contributed by atoms with Crippen molar-refractivity contribution in [1.82, 2.24) is 4.98 Å². The number of anilines is 2. The average molecular weight is 357 g/mol. The highest BCUT2D eigenvalue weighted by Crippen LogP contribution is 2.31. The molecule has 0 aliphatic heterocycles. The van der Waals surface area contributed by atoms with Crippen molar-refractivity contribution in [3.8, 4) is 0 Å². The average Bonchev–Trinajstić information content (AvgIpc) is 2.34. The van der Waals surface area contributed by atoms with Gasteiger partial charge in [0.05, 0.1) is 15.2 Å². The zero-order valence-electron chi connectivity index (χ0n) is 10.1. The number of rotatable bonds is 3. The number of aryl methyl sites for hydroxylation is 1. The number of nitrogens with two attached hydrogens (primary N) is 1. The van der Waals surface area contributed by atoms with Gasteiger partial charge in [-0.3, -0.25) is 0 Å². The molecule has 6 heteroatoms. The lowest BCUT2D eigenvalue weighted by molar-refractivity contribution is 1.19. The molecule has 2 aromatic rings. The maximum Gasteiger partial charge on any atom is 0.131 e. The van der Waals surface area contributed by atoms with Crippen molar-refractivity contribution in [2.75, 3.05) is 5.32 Å². The molecule has 1 heterocycles. The SMILES string of the molecule is Cc1cc(C(N)=S)cc(Nc2cccc(Cl)c2Br)n1. The molecule has 0 spiro atoms. The van der Waals surface area contributed by atoms with Gasteiger partial charge in [-0.1, -0.05) is 29.9 Å². The Kier molecular flexibility index (Phi) is 4.39. The van der Waals surface area contributed by atoms with Crippen molar-refractivity contribution in [1.29, 1.82) is 0 Å². The molecular weight excluding hydrogens is 346 g/mol. The van der Waals surface area contributed by atoms with Crippen LogP contribution in [0.2, 0.25) is 5.02 Å². The fourth-order valence-corrected chi connectivity index (χ4v) is 2.27. The molecule has 3 nitrogen and oxygen atoms in total. The number of thiocarbonyl (C=S) groups is 1. The second-order valence-electron chi connectivity index (χ2n) is 3.97. The molecule has 0 aliphatic carbocycles. The van der Waals surface area contributed by atoms with E-state index in [2.05, 4.69) is 26.2 Å². The predicted octanol–water partition coefficient (Wildman–Crippen LogP) is 4.18. The predicted molar refractivity (Wildman–Crippen MR) is 87.3 cm³/mol. The number of aromatic nitrogens is 1. The van der Waals surface area contributed by atoms with Crippen molar-refractivity contribution < 1.29 is 0 Å². The first-order chi connectivity index (χ1) is 8.97. The molecule has 1 aromatic carbocycles. The van der Waals surface area contributed by atoms with Crippen molar-refractivity contribution in [2.24, 2.45) is 5.73 Å². The lowest BCUT2D eigenvalue weighted by Gasteiger charge is -2.11. The number of halogens is 2. The molecule has 1 aromatic heterocycles. The van der Waals surface area contributed by atoms with Crippen LogP contribution in [0.1, 0.15) is 11.3 Å². The molecule has 0 radical (unpaired) electrons. The van der Waals surface area contributed by atoms with Crippen LogP contribution >= 0.6 is 39.7 Å². The van der Waals surface area contributed by atoms with E-state index in [1.165, 1.54) is 0 Å². The third-order valence-electron chi connectivity index (χ3n) is 2.45. The normalized spacial score (nSPS) is 10.3. The number of nitrogens with zero attached hydrogens (tertiary/aromatic N) is 1. The van der Waals surface area contributed by atoms with Gasteiger partial charge in [-0.15, -0.1) is 0 Å². The van der Waals surface area contributed by atoms with Crippen molar-refractivity contribution in [3.05, 3.63) is 51.1 Å². The van der Waals surface area contributed by atoms with Gasteiger partial charge >= 0.3 is 0 Å². The zero-order chi connectivity index (χ0) is 14.0. The van der Waals surface area contributed by atoms with Crippen LogP contribution in [0.25, 0.3) is 0 Å². The Morgan fingerprint density at radius 3 is 2.84 bits per heavy atom. The Hall–Kier alpha value is -1.17. The van der Waals surface area contributed by atoms with Gasteiger partial charge in [0, 0.05) is 11.3 Å². The molecule has 0 unspecified atom stereocenters. The molecule has 0 aliphatic rings. The zero-order valence-corrected chi connectivity index (χ0v) is 13.2. The van der Waals surface area contributed by atoms with Gasteiger partial charge in [-0.2, -0.15) is 0 Å². The van der Waals surface area contributed by atoms with E-state index in [1.807, 2.05) is 31.2 Å². The molecule has 98 valence electrons. The maximum atomic E-state index is 6.04. The highest BCUT2D eigenvalue weighted by molar-refractivity contribution is 9.10. The van der Waals surface area contributed by atoms with Crippen molar-refractivity contribution in [3.63, 3.8) is 0 Å². The van der Waals surface area contributed by atoms with Crippen molar-refractivity contribution >= 4 is 56.2 Å². The minimum Gasteiger partial charge on any atom is -0.389 e. The second kappa shape index (κ2) is 5.86. The fraction of sp³-hybridized carbons (Fsp3) is 0.0769. The summed E-state index contributed by atoms with van der Waals surface area (Å²) in [4.78, 5) is 4.74. The topological polar surface area (TPSA) is 50.9 Å². The maximum absolute atomic E-state index is 6.04. The van der Waals surface area contributed by atoms with Crippen LogP contribution in [-0.2, 0) is 0 Å². The number of hydrogen-bond donors (Lipinski definition) is 2. The van der Waals surface area contributed by atoms with Crippen LogP contribution in [0, 0.1) is 6.92 Å². The molecule has 0 bridgehead atoms. The van der Waals surface area contributed by atoms with Crippen LogP contribution in [-0.4, -0.2) is 9.97 Å². The molecule has 0 atom stereocenters. The number of pyridine rings is 1. The number of hydrogen-bond acceptors (Lipinski definition) is 3. The molecule has 0 saturated heterocycles. The van der Waals surface area contributed by atoms with E-state index in [0.717, 1.165) is 21.4 Å². The first-order valence-electron chi connectivity index (χ1n) is 5.47. The number of benzene rings is 1. The molecule has 19 heavy (non-hydrogen) atoms. The van der Waals surface area contributed by atoms with Gasteiger partial charge in [0.15, 0.2) is 0 Å². The minimum atomic E-state index is 0.346. The van der Waals surface area contributed by atoms with E-state index >= 15 is 0 Å². The molecular formula is C13H11BrClN3S. The second-order valence-corrected chi connectivity index (χ2v) is 5.61. The summed E-state index contributed by atoms with van der Waals surface area (Å²) in [5.41, 5.74) is 8.10. The first-order valence-corrected chi connectivity index (χ1v) is 7.05. The Balaban J connectivity index is 2.38. The van der Waals surface area contributed by atoms with Gasteiger partial charge in [-0.05, 0) is 47.1 Å². The highest BCUT2D eigenvalue weighted by atomic mass is 79.9. The van der Waals surface area contributed by atoms with E-state index in [4.69, 9.17) is 29.6 Å². The molecule has 3 N–H and O–H groups in total. The minimum absolute atomic E-state index is 0.346. The van der Waals surface area contributed by atoms with Crippen LogP contribution < -0.4 is 11.1 Å². The van der Waals surface area contributed by atoms with E-state index < -0.39 is 0 Å². The first kappa shape index (κ1) is 14.2. The summed E-state index contributed by atoms with van der Waals surface area (Å²) in [5.74, 6) is 0.672. The summed E-state index contributed by atoms with van der Waals surface area (Å²) in [6.07, 6.45) is 0. The van der Waals surface area contributed by atoms with Gasteiger partial charge in [0.25, 0.3) is 0 Å². The van der Waals surface area contributed by atoms with Gasteiger partial charge < -0.3 is 11.1 Å². The quantitative estimate of drug-likeness (QED) is 0.810. The smallest absolute Gasteiger partial charge is 0.131 e. The van der Waals surface area contributed by atoms with E-state index in [0.29, 0.717) is 15.8 Å². The van der Waals surface area contributed by atoms with Crippen molar-refractivity contribution in [2.45, 2.75) is 6.92 Å². The Labute approximate surface area is 130 Å². The summed E-state index contributed by atoms with van der Waals surface area (Å²) in [7, 11) is 0.